The summed E-state index contributed by atoms with van der Waals surface area (Å²) in [6, 6.07) is 5.75. The molecule has 1 aliphatic rings. The van der Waals surface area contributed by atoms with Crippen molar-refractivity contribution in [2.75, 3.05) is 37.5 Å². The number of nitrogens with one attached hydrogen (secondary N) is 1. The fourth-order valence-corrected chi connectivity index (χ4v) is 1.82. The van der Waals surface area contributed by atoms with E-state index in [1.54, 1.807) is 0 Å². The third-order valence-corrected chi connectivity index (χ3v) is 2.67. The molecule has 1 aromatic carbocycles. The summed E-state index contributed by atoms with van der Waals surface area (Å²) >= 11 is 0. The number of hydrogen-bond donors (Lipinski definition) is 2. The van der Waals surface area contributed by atoms with E-state index in [1.165, 1.54) is 0 Å². The lowest BCUT2D eigenvalue weighted by molar-refractivity contribution is 0.0497. The summed E-state index contributed by atoms with van der Waals surface area (Å²) in [6.45, 7) is 7.26. The van der Waals surface area contributed by atoms with E-state index in [0.29, 0.717) is 5.69 Å². The number of nitrogen functional groups attached to an aromatic ring is 1. The standard InChI is InChI=1S/C13H21N3O2/c1-10(2)18-13-9-11(3-4-12(13)14)15-16-5-7-17-8-6-16/h3-4,9-10,15H,5-8,14H2,1-2H3. The van der Waals surface area contributed by atoms with Crippen molar-refractivity contribution in [1.29, 1.82) is 0 Å². The molecule has 0 unspecified atom stereocenters. The lowest BCUT2D eigenvalue weighted by Crippen LogP contribution is -2.40. The minimum Gasteiger partial charge on any atom is -0.489 e. The molecule has 0 atom stereocenters. The summed E-state index contributed by atoms with van der Waals surface area (Å²) in [6.07, 6.45) is 0.117. The molecular formula is C13H21N3O2. The van der Waals surface area contributed by atoms with Crippen LogP contribution in [0.4, 0.5) is 11.4 Å². The highest BCUT2D eigenvalue weighted by molar-refractivity contribution is 5.61. The van der Waals surface area contributed by atoms with Gasteiger partial charge in [-0.15, -0.1) is 0 Å². The van der Waals surface area contributed by atoms with Gasteiger partial charge in [0.25, 0.3) is 0 Å². The van der Waals surface area contributed by atoms with E-state index in [4.69, 9.17) is 15.2 Å². The third kappa shape index (κ3) is 3.51. The minimum absolute atomic E-state index is 0.117. The zero-order valence-corrected chi connectivity index (χ0v) is 11.0. The molecule has 3 N–H and O–H groups in total. The van der Waals surface area contributed by atoms with Gasteiger partial charge in [-0.05, 0) is 26.0 Å². The molecule has 5 nitrogen and oxygen atoms in total. The molecule has 1 aliphatic heterocycles. The molecule has 0 aromatic heterocycles. The summed E-state index contributed by atoms with van der Waals surface area (Å²) in [5, 5.41) is 2.13. The largest absolute Gasteiger partial charge is 0.489 e. The summed E-state index contributed by atoms with van der Waals surface area (Å²) in [4.78, 5) is 0. The van der Waals surface area contributed by atoms with Gasteiger partial charge >= 0.3 is 0 Å². The first kappa shape index (κ1) is 13.0. The van der Waals surface area contributed by atoms with Crippen molar-refractivity contribution in [1.82, 2.24) is 5.01 Å². The maximum absolute atomic E-state index is 5.88. The molecule has 0 aliphatic carbocycles. The summed E-state index contributed by atoms with van der Waals surface area (Å²) in [7, 11) is 0. The number of hydrogen-bond acceptors (Lipinski definition) is 5. The fraction of sp³-hybridized carbons (Fsp3) is 0.538. The Morgan fingerprint density at radius 2 is 2.06 bits per heavy atom. The van der Waals surface area contributed by atoms with Crippen LogP contribution < -0.4 is 15.9 Å². The molecule has 0 bridgehead atoms. The lowest BCUT2D eigenvalue weighted by Gasteiger charge is -2.28. The fourth-order valence-electron chi connectivity index (χ4n) is 1.82. The van der Waals surface area contributed by atoms with Crippen LogP contribution in [0.3, 0.4) is 0 Å². The number of hydrazine groups is 1. The number of ether oxygens (including phenoxy) is 2. The SMILES string of the molecule is CC(C)Oc1cc(NN2CCOCC2)ccc1N. The van der Waals surface area contributed by atoms with Crippen LogP contribution in [0.25, 0.3) is 0 Å². The van der Waals surface area contributed by atoms with Crippen molar-refractivity contribution in [3.8, 4) is 5.75 Å². The second-order valence-electron chi connectivity index (χ2n) is 4.63. The van der Waals surface area contributed by atoms with Gasteiger partial charge in [0, 0.05) is 19.2 Å². The third-order valence-electron chi connectivity index (χ3n) is 2.67. The average Bonchev–Trinajstić information content (AvgIpc) is 2.34. The number of anilines is 2. The number of nitrogens with two attached hydrogens (primary N) is 1. The molecule has 100 valence electrons. The van der Waals surface area contributed by atoms with E-state index in [0.717, 1.165) is 37.7 Å². The van der Waals surface area contributed by atoms with Crippen LogP contribution >= 0.6 is 0 Å². The Morgan fingerprint density at radius 1 is 1.33 bits per heavy atom. The first-order chi connectivity index (χ1) is 8.65. The maximum Gasteiger partial charge on any atom is 0.144 e. The van der Waals surface area contributed by atoms with E-state index in [9.17, 15) is 0 Å². The highest BCUT2D eigenvalue weighted by Crippen LogP contribution is 2.26. The Balaban J connectivity index is 2.03. The molecule has 1 saturated heterocycles. The zero-order valence-electron chi connectivity index (χ0n) is 11.0. The molecular weight excluding hydrogens is 230 g/mol. The van der Waals surface area contributed by atoms with Crippen LogP contribution in [0.2, 0.25) is 0 Å². The monoisotopic (exact) mass is 251 g/mol. The topological polar surface area (TPSA) is 59.8 Å². The highest BCUT2D eigenvalue weighted by atomic mass is 16.5. The number of benzene rings is 1. The highest BCUT2D eigenvalue weighted by Gasteiger charge is 2.11. The van der Waals surface area contributed by atoms with Crippen molar-refractivity contribution >= 4 is 11.4 Å². The van der Waals surface area contributed by atoms with Crippen LogP contribution in [0.5, 0.6) is 5.75 Å². The Hall–Kier alpha value is -1.46. The first-order valence-electron chi connectivity index (χ1n) is 6.30. The first-order valence-corrected chi connectivity index (χ1v) is 6.30. The van der Waals surface area contributed by atoms with E-state index < -0.39 is 0 Å². The minimum atomic E-state index is 0.117. The predicted molar refractivity (Wildman–Crippen MR) is 72.6 cm³/mol. The smallest absolute Gasteiger partial charge is 0.144 e. The van der Waals surface area contributed by atoms with Gasteiger partial charge in [-0.3, -0.25) is 0 Å². The van der Waals surface area contributed by atoms with Gasteiger partial charge in [0.1, 0.15) is 5.75 Å². The summed E-state index contributed by atoms with van der Waals surface area (Å²) < 4.78 is 11.0. The van der Waals surface area contributed by atoms with Crippen LogP contribution in [-0.4, -0.2) is 37.4 Å². The van der Waals surface area contributed by atoms with Crippen LogP contribution in [0.1, 0.15) is 13.8 Å². The number of nitrogens with zero attached hydrogens (tertiary/aromatic N) is 1. The second-order valence-corrected chi connectivity index (χ2v) is 4.63. The van der Waals surface area contributed by atoms with Crippen molar-refractivity contribution in [2.24, 2.45) is 0 Å². The zero-order chi connectivity index (χ0) is 13.0. The van der Waals surface area contributed by atoms with Crippen molar-refractivity contribution in [3.63, 3.8) is 0 Å². The molecule has 0 saturated carbocycles. The van der Waals surface area contributed by atoms with Crippen LogP contribution in [-0.2, 0) is 4.74 Å². The number of morpholine rings is 1. The normalized spacial score (nSPS) is 16.8. The molecule has 0 radical (unpaired) electrons. The van der Waals surface area contributed by atoms with Crippen molar-refractivity contribution in [3.05, 3.63) is 18.2 Å². The summed E-state index contributed by atoms with van der Waals surface area (Å²) in [5.74, 6) is 0.725. The summed E-state index contributed by atoms with van der Waals surface area (Å²) in [5.41, 5.74) is 10.9. The quantitative estimate of drug-likeness (QED) is 0.798. The van der Waals surface area contributed by atoms with E-state index >= 15 is 0 Å². The van der Waals surface area contributed by atoms with Gasteiger partial charge in [-0.2, -0.15) is 0 Å². The molecule has 1 fully saturated rings. The van der Waals surface area contributed by atoms with Gasteiger partial charge in [-0.25, -0.2) is 5.01 Å². The molecule has 1 aromatic rings. The molecule has 5 heteroatoms. The van der Waals surface area contributed by atoms with E-state index in [2.05, 4.69) is 10.4 Å². The molecule has 1 heterocycles. The second kappa shape index (κ2) is 5.93. The van der Waals surface area contributed by atoms with E-state index in [1.807, 2.05) is 32.0 Å². The Bertz CT molecular complexity index is 390. The lowest BCUT2D eigenvalue weighted by atomic mass is 10.2. The Kier molecular flexibility index (Phi) is 4.28. The van der Waals surface area contributed by atoms with Gasteiger partial charge in [0.2, 0.25) is 0 Å². The van der Waals surface area contributed by atoms with Crippen molar-refractivity contribution < 1.29 is 9.47 Å². The molecule has 0 amide bonds. The van der Waals surface area contributed by atoms with Crippen molar-refractivity contribution in [2.45, 2.75) is 20.0 Å². The van der Waals surface area contributed by atoms with Gasteiger partial charge in [0.15, 0.2) is 0 Å². The predicted octanol–water partition coefficient (Wildman–Crippen LogP) is 1.72. The van der Waals surface area contributed by atoms with Crippen LogP contribution in [0, 0.1) is 0 Å². The van der Waals surface area contributed by atoms with Crippen LogP contribution in [0.15, 0.2) is 18.2 Å². The molecule has 2 rings (SSSR count). The van der Waals surface area contributed by atoms with Gasteiger partial charge in [-0.1, -0.05) is 0 Å². The Morgan fingerprint density at radius 3 is 2.72 bits per heavy atom. The molecule has 18 heavy (non-hydrogen) atoms. The maximum atomic E-state index is 5.88. The van der Waals surface area contributed by atoms with E-state index in [-0.39, 0.29) is 6.10 Å². The Labute approximate surface area is 108 Å². The average molecular weight is 251 g/mol. The molecule has 0 spiro atoms. The number of rotatable bonds is 4. The van der Waals surface area contributed by atoms with Gasteiger partial charge < -0.3 is 20.6 Å². The van der Waals surface area contributed by atoms with Gasteiger partial charge in [0.05, 0.1) is 30.7 Å².